The predicted octanol–water partition coefficient (Wildman–Crippen LogP) is 3.28. The molecule has 0 radical (unpaired) electrons. The first-order valence-electron chi connectivity index (χ1n) is 5.93. The summed E-state index contributed by atoms with van der Waals surface area (Å²) in [6, 6.07) is 4.54. The van der Waals surface area contributed by atoms with Gasteiger partial charge in [0.1, 0.15) is 5.82 Å². The van der Waals surface area contributed by atoms with E-state index in [1.807, 2.05) is 6.08 Å². The van der Waals surface area contributed by atoms with Crippen LogP contribution in [0.15, 0.2) is 30.9 Å². The van der Waals surface area contributed by atoms with Crippen LogP contribution in [0.3, 0.4) is 0 Å². The quantitative estimate of drug-likeness (QED) is 0.767. The average molecular weight is 237 g/mol. The van der Waals surface area contributed by atoms with Gasteiger partial charge < -0.3 is 10.0 Å². The zero-order valence-corrected chi connectivity index (χ0v) is 10.5. The van der Waals surface area contributed by atoms with Crippen LogP contribution in [0.2, 0.25) is 0 Å². The summed E-state index contributed by atoms with van der Waals surface area (Å²) in [5, 5.41) is 9.70. The maximum absolute atomic E-state index is 13.2. The lowest BCUT2D eigenvalue weighted by Crippen LogP contribution is -2.25. The molecule has 1 rings (SSSR count). The molecule has 0 aliphatic rings. The standard InChI is InChI=1S/C14H20FNO/c1-4-8-16(9-5-2)14-7-6-12(15)10-13(14)11(3)17/h4,6-7,10-11,17H,1,5,8-9H2,2-3H3/t11-/m1/s1. The third-order valence-electron chi connectivity index (χ3n) is 2.62. The second-order valence-electron chi connectivity index (χ2n) is 4.11. The summed E-state index contributed by atoms with van der Waals surface area (Å²) in [4.78, 5) is 2.09. The second kappa shape index (κ2) is 6.40. The lowest BCUT2D eigenvalue weighted by atomic mass is 10.1. The van der Waals surface area contributed by atoms with Crippen molar-refractivity contribution in [3.63, 3.8) is 0 Å². The van der Waals surface area contributed by atoms with Crippen molar-refractivity contribution in [1.29, 1.82) is 0 Å². The van der Waals surface area contributed by atoms with E-state index < -0.39 is 6.10 Å². The van der Waals surface area contributed by atoms with E-state index in [2.05, 4.69) is 18.4 Å². The number of aliphatic hydroxyl groups excluding tert-OH is 1. The molecule has 3 heteroatoms. The fraction of sp³-hybridized carbons (Fsp3) is 0.429. The highest BCUT2D eigenvalue weighted by atomic mass is 19.1. The number of hydrogen-bond donors (Lipinski definition) is 1. The zero-order chi connectivity index (χ0) is 12.8. The van der Waals surface area contributed by atoms with Crippen molar-refractivity contribution in [2.24, 2.45) is 0 Å². The molecule has 0 spiro atoms. The molecular weight excluding hydrogens is 217 g/mol. The summed E-state index contributed by atoms with van der Waals surface area (Å²) < 4.78 is 13.2. The van der Waals surface area contributed by atoms with Crippen LogP contribution in [0, 0.1) is 5.82 Å². The number of halogens is 1. The van der Waals surface area contributed by atoms with Gasteiger partial charge in [0.25, 0.3) is 0 Å². The monoisotopic (exact) mass is 237 g/mol. The smallest absolute Gasteiger partial charge is 0.123 e. The van der Waals surface area contributed by atoms with Gasteiger partial charge in [-0.1, -0.05) is 13.0 Å². The third-order valence-corrected chi connectivity index (χ3v) is 2.62. The van der Waals surface area contributed by atoms with Gasteiger partial charge in [-0.2, -0.15) is 0 Å². The molecule has 94 valence electrons. The number of aliphatic hydroxyl groups is 1. The third kappa shape index (κ3) is 3.56. The first-order valence-corrected chi connectivity index (χ1v) is 5.93. The van der Waals surface area contributed by atoms with Gasteiger partial charge in [-0.3, -0.25) is 0 Å². The minimum absolute atomic E-state index is 0.320. The summed E-state index contributed by atoms with van der Waals surface area (Å²) in [5.74, 6) is -0.320. The van der Waals surface area contributed by atoms with Crippen LogP contribution in [-0.4, -0.2) is 18.2 Å². The summed E-state index contributed by atoms with van der Waals surface area (Å²) >= 11 is 0. The summed E-state index contributed by atoms with van der Waals surface area (Å²) in [7, 11) is 0. The van der Waals surface area contributed by atoms with Crippen LogP contribution in [0.5, 0.6) is 0 Å². The van der Waals surface area contributed by atoms with E-state index in [1.54, 1.807) is 13.0 Å². The van der Waals surface area contributed by atoms with Gasteiger partial charge in [0.05, 0.1) is 6.10 Å². The fourth-order valence-corrected chi connectivity index (χ4v) is 1.88. The summed E-state index contributed by atoms with van der Waals surface area (Å²) in [6.07, 6.45) is 2.12. The molecule has 0 aliphatic carbocycles. The Bertz CT molecular complexity index is 376. The molecule has 0 unspecified atom stereocenters. The van der Waals surface area contributed by atoms with Crippen molar-refractivity contribution >= 4 is 5.69 Å². The highest BCUT2D eigenvalue weighted by Crippen LogP contribution is 2.27. The average Bonchev–Trinajstić information content (AvgIpc) is 2.28. The molecule has 2 nitrogen and oxygen atoms in total. The molecular formula is C14H20FNO. The Labute approximate surface area is 102 Å². The summed E-state index contributed by atoms with van der Waals surface area (Å²) in [5.41, 5.74) is 1.50. The van der Waals surface area contributed by atoms with Crippen LogP contribution < -0.4 is 4.90 Å². The van der Waals surface area contributed by atoms with Crippen LogP contribution >= 0.6 is 0 Å². The van der Waals surface area contributed by atoms with E-state index in [1.165, 1.54) is 12.1 Å². The van der Waals surface area contributed by atoms with E-state index in [-0.39, 0.29) is 5.82 Å². The van der Waals surface area contributed by atoms with Crippen molar-refractivity contribution in [1.82, 2.24) is 0 Å². The molecule has 1 aromatic carbocycles. The molecule has 17 heavy (non-hydrogen) atoms. The maximum atomic E-state index is 13.2. The van der Waals surface area contributed by atoms with Crippen molar-refractivity contribution < 1.29 is 9.50 Å². The van der Waals surface area contributed by atoms with Crippen molar-refractivity contribution in [2.75, 3.05) is 18.0 Å². The van der Waals surface area contributed by atoms with Crippen LogP contribution in [0.4, 0.5) is 10.1 Å². The molecule has 0 aromatic heterocycles. The second-order valence-corrected chi connectivity index (χ2v) is 4.11. The number of anilines is 1. The minimum Gasteiger partial charge on any atom is -0.389 e. The zero-order valence-electron chi connectivity index (χ0n) is 10.5. The Morgan fingerprint density at radius 2 is 2.24 bits per heavy atom. The largest absolute Gasteiger partial charge is 0.389 e. The van der Waals surface area contributed by atoms with Crippen molar-refractivity contribution in [2.45, 2.75) is 26.4 Å². The number of benzene rings is 1. The maximum Gasteiger partial charge on any atom is 0.123 e. The van der Waals surface area contributed by atoms with Crippen LogP contribution in [0.25, 0.3) is 0 Å². The topological polar surface area (TPSA) is 23.5 Å². The normalized spacial score (nSPS) is 12.2. The number of hydrogen-bond acceptors (Lipinski definition) is 2. The molecule has 0 saturated carbocycles. The molecule has 1 aromatic rings. The van der Waals surface area contributed by atoms with Crippen molar-refractivity contribution in [3.8, 4) is 0 Å². The van der Waals surface area contributed by atoms with E-state index in [9.17, 15) is 9.50 Å². The van der Waals surface area contributed by atoms with Gasteiger partial charge in [-0.25, -0.2) is 4.39 Å². The van der Waals surface area contributed by atoms with Gasteiger partial charge in [0.2, 0.25) is 0 Å². The number of rotatable bonds is 6. The summed E-state index contributed by atoms with van der Waals surface area (Å²) in [6.45, 7) is 9.01. The van der Waals surface area contributed by atoms with Gasteiger partial charge in [0.15, 0.2) is 0 Å². The number of nitrogens with zero attached hydrogens (tertiary/aromatic N) is 1. The van der Waals surface area contributed by atoms with E-state index in [4.69, 9.17) is 0 Å². The molecule has 0 bridgehead atoms. The molecule has 0 amide bonds. The Balaban J connectivity index is 3.11. The highest BCUT2D eigenvalue weighted by Gasteiger charge is 2.14. The van der Waals surface area contributed by atoms with Crippen LogP contribution in [-0.2, 0) is 0 Å². The predicted molar refractivity (Wildman–Crippen MR) is 69.7 cm³/mol. The Kier molecular flexibility index (Phi) is 5.16. The Morgan fingerprint density at radius 1 is 1.53 bits per heavy atom. The van der Waals surface area contributed by atoms with Gasteiger partial charge in [-0.15, -0.1) is 6.58 Å². The fourth-order valence-electron chi connectivity index (χ4n) is 1.88. The molecule has 0 fully saturated rings. The highest BCUT2D eigenvalue weighted by molar-refractivity contribution is 5.55. The minimum atomic E-state index is -0.676. The van der Waals surface area contributed by atoms with Gasteiger partial charge in [0, 0.05) is 24.3 Å². The van der Waals surface area contributed by atoms with E-state index >= 15 is 0 Å². The Hall–Kier alpha value is -1.35. The van der Waals surface area contributed by atoms with Crippen LogP contribution in [0.1, 0.15) is 31.9 Å². The molecule has 0 saturated heterocycles. The first-order chi connectivity index (χ1) is 8.10. The van der Waals surface area contributed by atoms with E-state index in [0.29, 0.717) is 12.1 Å². The lowest BCUT2D eigenvalue weighted by Gasteiger charge is -2.26. The molecule has 0 aliphatic heterocycles. The molecule has 0 heterocycles. The van der Waals surface area contributed by atoms with Crippen molar-refractivity contribution in [3.05, 3.63) is 42.2 Å². The first kappa shape index (κ1) is 13.7. The molecule has 1 N–H and O–H groups in total. The van der Waals surface area contributed by atoms with E-state index in [0.717, 1.165) is 18.7 Å². The van der Waals surface area contributed by atoms with Gasteiger partial charge >= 0.3 is 0 Å². The molecule has 1 atom stereocenters. The van der Waals surface area contributed by atoms with Gasteiger partial charge in [-0.05, 0) is 31.5 Å². The Morgan fingerprint density at radius 3 is 2.76 bits per heavy atom. The lowest BCUT2D eigenvalue weighted by molar-refractivity contribution is 0.199. The SMILES string of the molecule is C=CCN(CCC)c1ccc(F)cc1[C@@H](C)O.